The Morgan fingerprint density at radius 1 is 1.61 bits per heavy atom. The molecule has 0 aliphatic carbocycles. The van der Waals surface area contributed by atoms with Crippen LogP contribution in [0.4, 0.5) is 0 Å². The molecule has 6 nitrogen and oxygen atoms in total. The van der Waals surface area contributed by atoms with Gasteiger partial charge in [-0.25, -0.2) is 0 Å². The molecular weight excluding hydrogens is 258 g/mol. The Bertz CT molecular complexity index is 451. The van der Waals surface area contributed by atoms with Gasteiger partial charge in [0.2, 0.25) is 0 Å². The van der Waals surface area contributed by atoms with Crippen LogP contribution < -0.4 is 10.5 Å². The van der Waals surface area contributed by atoms with E-state index in [1.165, 1.54) is 11.9 Å². The van der Waals surface area contributed by atoms with Gasteiger partial charge in [0, 0.05) is 12.1 Å². The molecule has 0 heterocycles. The lowest BCUT2D eigenvalue weighted by Gasteiger charge is -2.16. The lowest BCUT2D eigenvalue weighted by atomic mass is 10.3. The monoisotopic (exact) mass is 271 g/mol. The van der Waals surface area contributed by atoms with Crippen molar-refractivity contribution in [3.8, 4) is 5.75 Å². The number of carbonyl (C=O) groups is 1. The van der Waals surface area contributed by atoms with Crippen LogP contribution >= 0.6 is 11.6 Å². The van der Waals surface area contributed by atoms with E-state index in [4.69, 9.17) is 27.3 Å². The minimum atomic E-state index is -0.290. The Morgan fingerprint density at radius 3 is 2.94 bits per heavy atom. The average Bonchev–Trinajstić information content (AvgIpc) is 2.35. The number of amidine groups is 1. The summed E-state index contributed by atoms with van der Waals surface area (Å²) in [6.07, 6.45) is 0. The van der Waals surface area contributed by atoms with E-state index in [1.807, 2.05) is 0 Å². The van der Waals surface area contributed by atoms with Gasteiger partial charge in [0.25, 0.3) is 5.91 Å². The zero-order chi connectivity index (χ0) is 13.5. The minimum absolute atomic E-state index is 0.0360. The summed E-state index contributed by atoms with van der Waals surface area (Å²) in [6, 6.07) is 6.74. The van der Waals surface area contributed by atoms with Gasteiger partial charge in [0.1, 0.15) is 5.75 Å². The van der Waals surface area contributed by atoms with Crippen LogP contribution in [0.3, 0.4) is 0 Å². The second-order valence-electron chi connectivity index (χ2n) is 3.59. The molecule has 0 fully saturated rings. The molecule has 98 valence electrons. The largest absolute Gasteiger partial charge is 0.484 e. The molecule has 0 radical (unpaired) electrons. The average molecular weight is 272 g/mol. The smallest absolute Gasteiger partial charge is 0.260 e. The van der Waals surface area contributed by atoms with Crippen molar-refractivity contribution in [1.82, 2.24) is 4.90 Å². The van der Waals surface area contributed by atoms with Gasteiger partial charge in [-0.15, -0.1) is 0 Å². The van der Waals surface area contributed by atoms with Crippen LogP contribution in [0.2, 0.25) is 5.02 Å². The molecule has 0 aliphatic rings. The predicted molar refractivity (Wildman–Crippen MR) is 68.0 cm³/mol. The molecule has 1 rings (SSSR count). The fourth-order valence-corrected chi connectivity index (χ4v) is 1.36. The van der Waals surface area contributed by atoms with E-state index in [0.717, 1.165) is 0 Å². The van der Waals surface area contributed by atoms with E-state index < -0.39 is 0 Å². The number of amides is 1. The first-order valence-corrected chi connectivity index (χ1v) is 5.49. The summed E-state index contributed by atoms with van der Waals surface area (Å²) >= 11 is 5.77. The molecule has 3 N–H and O–H groups in total. The molecule has 0 atom stereocenters. The van der Waals surface area contributed by atoms with Gasteiger partial charge in [-0.05, 0) is 18.2 Å². The summed E-state index contributed by atoms with van der Waals surface area (Å²) in [7, 11) is 1.53. The standard InChI is InChI=1S/C11H14ClN3O3/c1-15(6-10(13)14-17)11(16)7-18-9-4-2-3-8(12)5-9/h2-5,17H,6-7H2,1H3,(H2,13,14). The maximum absolute atomic E-state index is 11.6. The van der Waals surface area contributed by atoms with Crippen molar-refractivity contribution >= 4 is 23.3 Å². The number of ether oxygens (including phenoxy) is 1. The van der Waals surface area contributed by atoms with Crippen molar-refractivity contribution < 1.29 is 14.7 Å². The Morgan fingerprint density at radius 2 is 2.33 bits per heavy atom. The summed E-state index contributed by atoms with van der Waals surface area (Å²) in [5.41, 5.74) is 5.29. The SMILES string of the molecule is CN(CC(N)=NO)C(=O)COc1cccc(Cl)c1. The second kappa shape index (κ2) is 6.70. The van der Waals surface area contributed by atoms with Crippen LogP contribution in [0.1, 0.15) is 0 Å². The molecule has 1 amide bonds. The van der Waals surface area contributed by atoms with Crippen LogP contribution in [-0.4, -0.2) is 42.0 Å². The fourth-order valence-electron chi connectivity index (χ4n) is 1.17. The number of likely N-dealkylation sites (N-methyl/N-ethyl adjacent to an activating group) is 1. The third-order valence-electron chi connectivity index (χ3n) is 2.11. The third kappa shape index (κ3) is 4.50. The van der Waals surface area contributed by atoms with E-state index in [-0.39, 0.29) is 24.9 Å². The highest BCUT2D eigenvalue weighted by molar-refractivity contribution is 6.30. The van der Waals surface area contributed by atoms with Crippen LogP contribution in [0.5, 0.6) is 5.75 Å². The molecular formula is C11H14ClN3O3. The summed E-state index contributed by atoms with van der Waals surface area (Å²) in [6.45, 7) is -0.107. The number of rotatable bonds is 5. The first kappa shape index (κ1) is 14.1. The molecule has 18 heavy (non-hydrogen) atoms. The molecule has 0 saturated heterocycles. The number of nitrogens with two attached hydrogens (primary N) is 1. The molecule has 0 aromatic heterocycles. The van der Waals surface area contributed by atoms with E-state index in [2.05, 4.69) is 5.16 Å². The first-order chi connectivity index (χ1) is 8.52. The molecule has 1 aromatic carbocycles. The third-order valence-corrected chi connectivity index (χ3v) is 2.35. The van der Waals surface area contributed by atoms with Crippen LogP contribution in [0, 0.1) is 0 Å². The number of hydrogen-bond acceptors (Lipinski definition) is 4. The van der Waals surface area contributed by atoms with Crippen molar-refractivity contribution in [2.45, 2.75) is 0 Å². The number of carbonyl (C=O) groups excluding carboxylic acids is 1. The highest BCUT2D eigenvalue weighted by atomic mass is 35.5. The highest BCUT2D eigenvalue weighted by Crippen LogP contribution is 2.16. The molecule has 0 spiro atoms. The molecule has 0 bridgehead atoms. The summed E-state index contributed by atoms with van der Waals surface area (Å²) in [4.78, 5) is 12.9. The minimum Gasteiger partial charge on any atom is -0.484 e. The number of benzene rings is 1. The van der Waals surface area contributed by atoms with Gasteiger partial charge < -0.3 is 20.6 Å². The van der Waals surface area contributed by atoms with Crippen LogP contribution in [0.15, 0.2) is 29.4 Å². The summed E-state index contributed by atoms with van der Waals surface area (Å²) in [5.74, 6) is 0.170. The van der Waals surface area contributed by atoms with Crippen LogP contribution in [-0.2, 0) is 4.79 Å². The maximum Gasteiger partial charge on any atom is 0.260 e. The van der Waals surface area contributed by atoms with E-state index in [1.54, 1.807) is 24.3 Å². The number of nitrogens with zero attached hydrogens (tertiary/aromatic N) is 2. The maximum atomic E-state index is 11.6. The Kier molecular flexibility index (Phi) is 5.26. The normalized spacial score (nSPS) is 11.1. The van der Waals surface area contributed by atoms with Crippen molar-refractivity contribution in [2.24, 2.45) is 10.9 Å². The zero-order valence-corrected chi connectivity index (χ0v) is 10.6. The van der Waals surface area contributed by atoms with Crippen molar-refractivity contribution in [3.63, 3.8) is 0 Å². The van der Waals surface area contributed by atoms with E-state index >= 15 is 0 Å². The Balaban J connectivity index is 2.46. The van der Waals surface area contributed by atoms with Crippen molar-refractivity contribution in [1.29, 1.82) is 0 Å². The molecule has 7 heteroatoms. The van der Waals surface area contributed by atoms with Crippen LogP contribution in [0.25, 0.3) is 0 Å². The number of halogens is 1. The van der Waals surface area contributed by atoms with Gasteiger partial charge in [-0.3, -0.25) is 4.79 Å². The van der Waals surface area contributed by atoms with Gasteiger partial charge >= 0.3 is 0 Å². The lowest BCUT2D eigenvalue weighted by Crippen LogP contribution is -2.38. The quantitative estimate of drug-likeness (QED) is 0.361. The molecule has 0 saturated carbocycles. The fraction of sp³-hybridized carbons (Fsp3) is 0.273. The highest BCUT2D eigenvalue weighted by Gasteiger charge is 2.11. The molecule has 0 unspecified atom stereocenters. The summed E-state index contributed by atoms with van der Waals surface area (Å²) in [5, 5.41) is 11.7. The number of oxime groups is 1. The second-order valence-corrected chi connectivity index (χ2v) is 4.02. The Hall–Kier alpha value is -1.95. The van der Waals surface area contributed by atoms with Gasteiger partial charge in [-0.1, -0.05) is 22.8 Å². The predicted octanol–water partition coefficient (Wildman–Crippen LogP) is 0.924. The topological polar surface area (TPSA) is 88.1 Å². The van der Waals surface area contributed by atoms with Gasteiger partial charge in [-0.2, -0.15) is 0 Å². The van der Waals surface area contributed by atoms with E-state index in [9.17, 15) is 4.79 Å². The number of hydrogen-bond donors (Lipinski definition) is 2. The molecule has 0 aliphatic heterocycles. The lowest BCUT2D eigenvalue weighted by molar-refractivity contribution is -0.131. The van der Waals surface area contributed by atoms with Gasteiger partial charge in [0.15, 0.2) is 12.4 Å². The molecule has 1 aromatic rings. The van der Waals surface area contributed by atoms with Crippen molar-refractivity contribution in [2.75, 3.05) is 20.2 Å². The summed E-state index contributed by atoms with van der Waals surface area (Å²) < 4.78 is 5.27. The van der Waals surface area contributed by atoms with Gasteiger partial charge in [0.05, 0.1) is 6.54 Å². The van der Waals surface area contributed by atoms with E-state index in [0.29, 0.717) is 10.8 Å². The zero-order valence-electron chi connectivity index (χ0n) is 9.84. The Labute approximate surface area is 110 Å². The van der Waals surface area contributed by atoms with Crippen molar-refractivity contribution in [3.05, 3.63) is 29.3 Å². The first-order valence-electron chi connectivity index (χ1n) is 5.11.